The SMILES string of the molecule is CN(C)C1(CC2CCCCC2)COc2ccccc2OC1. The third-order valence-corrected chi connectivity index (χ3v) is 5.18. The first-order valence-corrected chi connectivity index (χ1v) is 8.22. The molecular weight excluding hydrogens is 262 g/mol. The van der Waals surface area contributed by atoms with Crippen molar-refractivity contribution in [1.82, 2.24) is 4.90 Å². The molecule has 1 heterocycles. The minimum atomic E-state index is -0.0129. The maximum absolute atomic E-state index is 6.10. The highest BCUT2D eigenvalue weighted by molar-refractivity contribution is 5.40. The van der Waals surface area contributed by atoms with Crippen molar-refractivity contribution in [3.63, 3.8) is 0 Å². The van der Waals surface area contributed by atoms with Crippen LogP contribution in [0.1, 0.15) is 38.5 Å². The number of rotatable bonds is 3. The molecule has 0 aromatic heterocycles. The summed E-state index contributed by atoms with van der Waals surface area (Å²) in [7, 11) is 4.32. The zero-order valence-corrected chi connectivity index (χ0v) is 13.3. The number of likely N-dealkylation sites (N-methyl/N-ethyl adjacent to an activating group) is 1. The Hall–Kier alpha value is -1.22. The van der Waals surface area contributed by atoms with E-state index in [-0.39, 0.29) is 5.54 Å². The summed E-state index contributed by atoms with van der Waals surface area (Å²) in [6, 6.07) is 8.02. The lowest BCUT2D eigenvalue weighted by Gasteiger charge is -2.40. The topological polar surface area (TPSA) is 21.7 Å². The molecule has 0 radical (unpaired) electrons. The Morgan fingerprint density at radius 2 is 1.57 bits per heavy atom. The quantitative estimate of drug-likeness (QED) is 0.846. The normalized spacial score (nSPS) is 22.0. The van der Waals surface area contributed by atoms with Crippen molar-refractivity contribution in [3.05, 3.63) is 24.3 Å². The molecule has 1 aromatic carbocycles. The first-order valence-electron chi connectivity index (χ1n) is 8.22. The summed E-state index contributed by atoms with van der Waals surface area (Å²) >= 11 is 0. The Bertz CT molecular complexity index is 439. The van der Waals surface area contributed by atoms with Crippen molar-refractivity contribution in [1.29, 1.82) is 0 Å². The molecule has 0 saturated heterocycles. The smallest absolute Gasteiger partial charge is 0.161 e. The number of fused-ring (bicyclic) bond motifs is 1. The van der Waals surface area contributed by atoms with Crippen LogP contribution in [0.25, 0.3) is 0 Å². The van der Waals surface area contributed by atoms with Crippen LogP contribution in [0.15, 0.2) is 24.3 Å². The van der Waals surface area contributed by atoms with Gasteiger partial charge in [-0.2, -0.15) is 0 Å². The maximum Gasteiger partial charge on any atom is 0.161 e. The van der Waals surface area contributed by atoms with Crippen LogP contribution < -0.4 is 9.47 Å². The van der Waals surface area contributed by atoms with E-state index in [0.717, 1.165) is 17.4 Å². The molecule has 0 atom stereocenters. The van der Waals surface area contributed by atoms with E-state index in [1.165, 1.54) is 38.5 Å². The molecule has 116 valence electrons. The summed E-state index contributed by atoms with van der Waals surface area (Å²) in [6.45, 7) is 1.43. The summed E-state index contributed by atoms with van der Waals surface area (Å²) in [6.07, 6.45) is 8.08. The van der Waals surface area contributed by atoms with E-state index in [2.05, 4.69) is 19.0 Å². The zero-order valence-electron chi connectivity index (χ0n) is 13.3. The molecule has 2 aliphatic rings. The van der Waals surface area contributed by atoms with E-state index in [4.69, 9.17) is 9.47 Å². The number of hydrogen-bond donors (Lipinski definition) is 0. The number of ether oxygens (including phenoxy) is 2. The highest BCUT2D eigenvalue weighted by Crippen LogP contribution is 2.37. The number of benzene rings is 1. The molecule has 1 aliphatic heterocycles. The van der Waals surface area contributed by atoms with Gasteiger partial charge in [0.25, 0.3) is 0 Å². The molecule has 0 bridgehead atoms. The summed E-state index contributed by atoms with van der Waals surface area (Å²) in [5.41, 5.74) is -0.0129. The molecule has 0 spiro atoms. The zero-order chi connectivity index (χ0) is 14.7. The van der Waals surface area contributed by atoms with Crippen molar-refractivity contribution in [2.24, 2.45) is 5.92 Å². The predicted molar refractivity (Wildman–Crippen MR) is 85.0 cm³/mol. The van der Waals surface area contributed by atoms with Crippen LogP contribution in [-0.2, 0) is 0 Å². The molecular formula is C18H27NO2. The summed E-state index contributed by atoms with van der Waals surface area (Å²) in [5.74, 6) is 2.57. The molecule has 0 unspecified atom stereocenters. The number of para-hydroxylation sites is 2. The lowest BCUT2D eigenvalue weighted by atomic mass is 9.79. The van der Waals surface area contributed by atoms with E-state index < -0.39 is 0 Å². The van der Waals surface area contributed by atoms with E-state index >= 15 is 0 Å². The van der Waals surface area contributed by atoms with Gasteiger partial charge in [0.2, 0.25) is 0 Å². The van der Waals surface area contributed by atoms with Crippen LogP contribution in [0.5, 0.6) is 11.5 Å². The lowest BCUT2D eigenvalue weighted by molar-refractivity contribution is 0.0251. The van der Waals surface area contributed by atoms with Crippen molar-refractivity contribution >= 4 is 0 Å². The minimum Gasteiger partial charge on any atom is -0.488 e. The van der Waals surface area contributed by atoms with Gasteiger partial charge in [-0.25, -0.2) is 0 Å². The van der Waals surface area contributed by atoms with Crippen LogP contribution in [-0.4, -0.2) is 37.7 Å². The Kier molecular flexibility index (Phi) is 4.39. The van der Waals surface area contributed by atoms with Gasteiger partial charge < -0.3 is 9.47 Å². The second kappa shape index (κ2) is 6.27. The van der Waals surface area contributed by atoms with Gasteiger partial charge in [0, 0.05) is 0 Å². The number of nitrogens with zero attached hydrogens (tertiary/aromatic N) is 1. The minimum absolute atomic E-state index is 0.0129. The van der Waals surface area contributed by atoms with Gasteiger partial charge in [-0.1, -0.05) is 44.2 Å². The molecule has 1 aliphatic carbocycles. The van der Waals surface area contributed by atoms with Crippen molar-refractivity contribution in [2.45, 2.75) is 44.1 Å². The molecule has 0 amide bonds. The second-order valence-electron chi connectivity index (χ2n) is 6.85. The maximum atomic E-state index is 6.10. The van der Waals surface area contributed by atoms with Gasteiger partial charge in [-0.05, 0) is 38.6 Å². The largest absolute Gasteiger partial charge is 0.488 e. The molecule has 3 heteroatoms. The summed E-state index contributed by atoms with van der Waals surface area (Å²) in [5, 5.41) is 0. The molecule has 21 heavy (non-hydrogen) atoms. The van der Waals surface area contributed by atoms with Crippen molar-refractivity contribution in [2.75, 3.05) is 27.3 Å². The Labute approximate surface area is 128 Å². The highest BCUT2D eigenvalue weighted by atomic mass is 16.5. The van der Waals surface area contributed by atoms with Crippen LogP contribution in [0, 0.1) is 5.92 Å². The highest BCUT2D eigenvalue weighted by Gasteiger charge is 2.39. The fourth-order valence-electron chi connectivity index (χ4n) is 3.64. The van der Waals surface area contributed by atoms with Crippen molar-refractivity contribution < 1.29 is 9.47 Å². The van der Waals surface area contributed by atoms with Gasteiger partial charge in [0.1, 0.15) is 13.2 Å². The van der Waals surface area contributed by atoms with E-state index in [1.807, 2.05) is 24.3 Å². The van der Waals surface area contributed by atoms with Gasteiger partial charge >= 0.3 is 0 Å². The van der Waals surface area contributed by atoms with Crippen molar-refractivity contribution in [3.8, 4) is 11.5 Å². The van der Waals surface area contributed by atoms with E-state index in [0.29, 0.717) is 13.2 Å². The molecule has 3 nitrogen and oxygen atoms in total. The summed E-state index contributed by atoms with van der Waals surface area (Å²) in [4.78, 5) is 2.31. The van der Waals surface area contributed by atoms with E-state index in [1.54, 1.807) is 0 Å². The number of hydrogen-bond acceptors (Lipinski definition) is 3. The predicted octanol–water partition coefficient (Wildman–Crippen LogP) is 3.73. The Balaban J connectivity index is 1.76. The first-order chi connectivity index (χ1) is 10.2. The fourth-order valence-corrected chi connectivity index (χ4v) is 3.64. The Morgan fingerprint density at radius 1 is 1.00 bits per heavy atom. The summed E-state index contributed by atoms with van der Waals surface area (Å²) < 4.78 is 12.2. The van der Waals surface area contributed by atoms with Crippen LogP contribution in [0.2, 0.25) is 0 Å². The van der Waals surface area contributed by atoms with Gasteiger partial charge in [-0.15, -0.1) is 0 Å². The third-order valence-electron chi connectivity index (χ3n) is 5.18. The van der Waals surface area contributed by atoms with Crippen LogP contribution in [0.4, 0.5) is 0 Å². The Morgan fingerprint density at radius 3 is 2.10 bits per heavy atom. The molecule has 1 aromatic rings. The van der Waals surface area contributed by atoms with Gasteiger partial charge in [-0.3, -0.25) is 4.90 Å². The van der Waals surface area contributed by atoms with Crippen LogP contribution >= 0.6 is 0 Å². The average molecular weight is 289 g/mol. The first kappa shape index (κ1) is 14.7. The van der Waals surface area contributed by atoms with Crippen LogP contribution in [0.3, 0.4) is 0 Å². The lowest BCUT2D eigenvalue weighted by Crippen LogP contribution is -2.54. The third kappa shape index (κ3) is 3.18. The van der Waals surface area contributed by atoms with Gasteiger partial charge in [0.15, 0.2) is 11.5 Å². The average Bonchev–Trinajstić information content (AvgIpc) is 2.70. The standard InChI is InChI=1S/C18H27NO2/c1-19(2)18(12-15-8-4-3-5-9-15)13-20-16-10-6-7-11-17(16)21-14-18/h6-7,10-11,15H,3-5,8-9,12-14H2,1-2H3. The fraction of sp³-hybridized carbons (Fsp3) is 0.667. The molecule has 3 rings (SSSR count). The monoisotopic (exact) mass is 289 g/mol. The molecule has 1 saturated carbocycles. The van der Waals surface area contributed by atoms with Gasteiger partial charge in [0.05, 0.1) is 5.54 Å². The molecule has 1 fully saturated rings. The molecule has 0 N–H and O–H groups in total. The van der Waals surface area contributed by atoms with E-state index in [9.17, 15) is 0 Å². The second-order valence-corrected chi connectivity index (χ2v) is 6.85.